The summed E-state index contributed by atoms with van der Waals surface area (Å²) in [6.45, 7) is 0.590. The fourth-order valence-electron chi connectivity index (χ4n) is 2.26. The van der Waals surface area contributed by atoms with E-state index in [0.29, 0.717) is 19.4 Å². The monoisotopic (exact) mass is 209 g/mol. The van der Waals surface area contributed by atoms with Crippen molar-refractivity contribution in [2.24, 2.45) is 17.6 Å². The zero-order valence-electron chi connectivity index (χ0n) is 8.32. The summed E-state index contributed by atoms with van der Waals surface area (Å²) in [5.74, 6) is -0.807. The van der Waals surface area contributed by atoms with E-state index < -0.39 is 12.1 Å². The molecule has 0 saturated heterocycles. The number of rotatable bonds is 3. The third kappa shape index (κ3) is 3.48. The van der Waals surface area contributed by atoms with Crippen LogP contribution in [0.15, 0.2) is 0 Å². The van der Waals surface area contributed by atoms with E-state index in [9.17, 15) is 13.2 Å². The van der Waals surface area contributed by atoms with E-state index >= 15 is 0 Å². The Bertz CT molecular complexity index is 167. The van der Waals surface area contributed by atoms with Crippen molar-refractivity contribution in [3.63, 3.8) is 0 Å². The Morgan fingerprint density at radius 1 is 1.21 bits per heavy atom. The van der Waals surface area contributed by atoms with Crippen LogP contribution in [-0.2, 0) is 0 Å². The first kappa shape index (κ1) is 11.8. The van der Waals surface area contributed by atoms with E-state index in [0.717, 1.165) is 25.7 Å². The van der Waals surface area contributed by atoms with Crippen molar-refractivity contribution < 1.29 is 13.2 Å². The van der Waals surface area contributed by atoms with Crippen LogP contribution in [-0.4, -0.2) is 12.7 Å². The second-order valence-electron chi connectivity index (χ2n) is 4.20. The van der Waals surface area contributed by atoms with E-state index in [-0.39, 0.29) is 5.92 Å². The van der Waals surface area contributed by atoms with Crippen molar-refractivity contribution >= 4 is 0 Å². The number of alkyl halides is 3. The molecule has 84 valence electrons. The Hall–Kier alpha value is -0.250. The molecule has 0 aromatic heterocycles. The van der Waals surface area contributed by atoms with Crippen LogP contribution in [0.5, 0.6) is 0 Å². The molecule has 0 heterocycles. The predicted octanol–water partition coefficient (Wildman–Crippen LogP) is 3.09. The molecule has 1 nitrogen and oxygen atoms in total. The van der Waals surface area contributed by atoms with Gasteiger partial charge in [-0.05, 0) is 38.1 Å². The minimum atomic E-state index is -3.98. The van der Waals surface area contributed by atoms with Gasteiger partial charge in [0, 0.05) is 0 Å². The van der Waals surface area contributed by atoms with Crippen molar-refractivity contribution in [1.29, 1.82) is 0 Å². The zero-order chi connectivity index (χ0) is 10.6. The third-order valence-corrected chi connectivity index (χ3v) is 3.06. The summed E-state index contributed by atoms with van der Waals surface area (Å²) in [4.78, 5) is 0. The first-order valence-electron chi connectivity index (χ1n) is 5.31. The Balaban J connectivity index is 2.36. The van der Waals surface area contributed by atoms with Crippen molar-refractivity contribution in [3.8, 4) is 0 Å². The molecule has 0 amide bonds. The average Bonchev–Trinajstić information content (AvgIpc) is 2.14. The average molecular weight is 209 g/mol. The molecule has 1 fully saturated rings. The van der Waals surface area contributed by atoms with E-state index in [1.165, 1.54) is 0 Å². The fraction of sp³-hybridized carbons (Fsp3) is 1.00. The molecule has 14 heavy (non-hydrogen) atoms. The lowest BCUT2D eigenvalue weighted by atomic mass is 9.79. The molecule has 0 bridgehead atoms. The summed E-state index contributed by atoms with van der Waals surface area (Å²) in [5, 5.41) is 0. The van der Waals surface area contributed by atoms with E-state index in [1.54, 1.807) is 0 Å². The van der Waals surface area contributed by atoms with Crippen molar-refractivity contribution in [1.82, 2.24) is 0 Å². The first-order valence-corrected chi connectivity index (χ1v) is 5.31. The normalized spacial score (nSPS) is 29.1. The SMILES string of the molecule is NCCCC1CCCC(C(F)(F)F)C1. The molecule has 2 N–H and O–H groups in total. The maximum absolute atomic E-state index is 12.4. The van der Waals surface area contributed by atoms with Crippen LogP contribution in [0.2, 0.25) is 0 Å². The Kier molecular flexibility index (Phi) is 4.23. The first-order chi connectivity index (χ1) is 6.54. The second-order valence-corrected chi connectivity index (χ2v) is 4.20. The summed E-state index contributed by atoms with van der Waals surface area (Å²) < 4.78 is 37.2. The second kappa shape index (κ2) is 5.01. The van der Waals surface area contributed by atoms with E-state index in [1.807, 2.05) is 0 Å². The molecule has 2 unspecified atom stereocenters. The molecule has 2 atom stereocenters. The zero-order valence-corrected chi connectivity index (χ0v) is 8.32. The van der Waals surface area contributed by atoms with Crippen LogP contribution in [0.25, 0.3) is 0 Å². The lowest BCUT2D eigenvalue weighted by Crippen LogP contribution is -2.28. The van der Waals surface area contributed by atoms with Crippen LogP contribution >= 0.6 is 0 Å². The maximum Gasteiger partial charge on any atom is 0.391 e. The molecular formula is C10H18F3N. The van der Waals surface area contributed by atoms with Crippen LogP contribution in [0.1, 0.15) is 38.5 Å². The molecule has 0 spiro atoms. The van der Waals surface area contributed by atoms with E-state index in [4.69, 9.17) is 5.73 Å². The molecule has 1 aliphatic carbocycles. The highest BCUT2D eigenvalue weighted by molar-refractivity contribution is 4.77. The molecule has 1 aliphatic rings. The van der Waals surface area contributed by atoms with Gasteiger partial charge in [-0.1, -0.05) is 12.8 Å². The van der Waals surface area contributed by atoms with Gasteiger partial charge in [-0.25, -0.2) is 0 Å². The quantitative estimate of drug-likeness (QED) is 0.759. The van der Waals surface area contributed by atoms with Gasteiger partial charge in [-0.2, -0.15) is 13.2 Å². The van der Waals surface area contributed by atoms with Gasteiger partial charge in [0.2, 0.25) is 0 Å². The minimum Gasteiger partial charge on any atom is -0.330 e. The van der Waals surface area contributed by atoms with Crippen LogP contribution < -0.4 is 5.73 Å². The molecule has 1 saturated carbocycles. The largest absolute Gasteiger partial charge is 0.391 e. The van der Waals surface area contributed by atoms with Gasteiger partial charge in [-0.3, -0.25) is 0 Å². The molecule has 0 aliphatic heterocycles. The lowest BCUT2D eigenvalue weighted by Gasteiger charge is -2.30. The highest BCUT2D eigenvalue weighted by atomic mass is 19.4. The smallest absolute Gasteiger partial charge is 0.330 e. The summed E-state index contributed by atoms with van der Waals surface area (Å²) in [6, 6.07) is 0. The summed E-state index contributed by atoms with van der Waals surface area (Å²) in [5.41, 5.74) is 5.34. The number of halogens is 3. The van der Waals surface area contributed by atoms with Crippen LogP contribution in [0.4, 0.5) is 13.2 Å². The number of hydrogen-bond donors (Lipinski definition) is 1. The Morgan fingerprint density at radius 3 is 2.50 bits per heavy atom. The van der Waals surface area contributed by atoms with Crippen LogP contribution in [0, 0.1) is 11.8 Å². The Labute approximate surface area is 82.9 Å². The van der Waals surface area contributed by atoms with Gasteiger partial charge in [0.05, 0.1) is 5.92 Å². The third-order valence-electron chi connectivity index (χ3n) is 3.06. The maximum atomic E-state index is 12.4. The Morgan fingerprint density at radius 2 is 1.93 bits per heavy atom. The standard InChI is InChI=1S/C10H18F3N/c11-10(12,13)9-5-1-3-8(7-9)4-2-6-14/h8-9H,1-7,14H2. The minimum absolute atomic E-state index is 0.249. The lowest BCUT2D eigenvalue weighted by molar-refractivity contribution is -0.185. The highest BCUT2D eigenvalue weighted by Gasteiger charge is 2.41. The summed E-state index contributed by atoms with van der Waals surface area (Å²) in [6.07, 6.45) is 0.0534. The fourth-order valence-corrected chi connectivity index (χ4v) is 2.26. The molecule has 0 radical (unpaired) electrons. The molecule has 0 aromatic carbocycles. The van der Waals surface area contributed by atoms with Gasteiger partial charge in [0.25, 0.3) is 0 Å². The van der Waals surface area contributed by atoms with Gasteiger partial charge < -0.3 is 5.73 Å². The van der Waals surface area contributed by atoms with Gasteiger partial charge in [-0.15, -0.1) is 0 Å². The number of nitrogens with two attached hydrogens (primary N) is 1. The van der Waals surface area contributed by atoms with Gasteiger partial charge in [0.1, 0.15) is 0 Å². The van der Waals surface area contributed by atoms with Gasteiger partial charge in [0.15, 0.2) is 0 Å². The predicted molar refractivity (Wildman–Crippen MR) is 49.8 cm³/mol. The summed E-state index contributed by atoms with van der Waals surface area (Å²) >= 11 is 0. The van der Waals surface area contributed by atoms with Crippen LogP contribution in [0.3, 0.4) is 0 Å². The van der Waals surface area contributed by atoms with Gasteiger partial charge >= 0.3 is 6.18 Å². The van der Waals surface area contributed by atoms with Crippen molar-refractivity contribution in [2.75, 3.05) is 6.54 Å². The topological polar surface area (TPSA) is 26.0 Å². The molecular weight excluding hydrogens is 191 g/mol. The molecule has 1 rings (SSSR count). The van der Waals surface area contributed by atoms with Crippen molar-refractivity contribution in [2.45, 2.75) is 44.7 Å². The summed E-state index contributed by atoms with van der Waals surface area (Å²) in [7, 11) is 0. The molecule has 0 aromatic rings. The molecule has 4 heteroatoms. The van der Waals surface area contributed by atoms with Crippen molar-refractivity contribution in [3.05, 3.63) is 0 Å². The highest BCUT2D eigenvalue weighted by Crippen LogP contribution is 2.41. The number of hydrogen-bond acceptors (Lipinski definition) is 1. The van der Waals surface area contributed by atoms with E-state index in [2.05, 4.69) is 0 Å².